The van der Waals surface area contributed by atoms with Crippen molar-refractivity contribution in [3.63, 3.8) is 0 Å². The molecule has 2 rings (SSSR count). The van der Waals surface area contributed by atoms with Gasteiger partial charge in [-0.3, -0.25) is 14.4 Å². The maximum absolute atomic E-state index is 13.1. The topological polar surface area (TPSA) is 101 Å². The molecule has 2 unspecified atom stereocenters. The van der Waals surface area contributed by atoms with Gasteiger partial charge in [-0.15, -0.1) is 0 Å². The minimum Gasteiger partial charge on any atom is -0.354 e. The molecule has 0 radical (unpaired) electrons. The van der Waals surface area contributed by atoms with E-state index in [0.29, 0.717) is 6.07 Å². The van der Waals surface area contributed by atoms with Crippen LogP contribution in [0, 0.1) is 17.6 Å². The smallest absolute Gasteiger partial charge is 0.237 e. The molecule has 0 saturated carbocycles. The van der Waals surface area contributed by atoms with Crippen molar-refractivity contribution in [3.05, 3.63) is 35.4 Å². The van der Waals surface area contributed by atoms with Crippen molar-refractivity contribution in [2.24, 2.45) is 11.7 Å². The minimum atomic E-state index is -0.931. The van der Waals surface area contributed by atoms with Crippen molar-refractivity contribution in [2.75, 3.05) is 6.54 Å². The molecule has 3 atom stereocenters. The summed E-state index contributed by atoms with van der Waals surface area (Å²) in [5.41, 5.74) is 5.78. The second-order valence-corrected chi connectivity index (χ2v) is 5.52. The normalized spacial score (nSPS) is 21.7. The molecule has 1 aromatic rings. The van der Waals surface area contributed by atoms with Gasteiger partial charge in [0.15, 0.2) is 5.78 Å². The Hall–Kier alpha value is -2.35. The Morgan fingerprint density at radius 3 is 2.48 bits per heavy atom. The van der Waals surface area contributed by atoms with E-state index < -0.39 is 41.5 Å². The van der Waals surface area contributed by atoms with E-state index in [1.54, 1.807) is 0 Å². The zero-order valence-corrected chi connectivity index (χ0v) is 12.4. The lowest BCUT2D eigenvalue weighted by molar-refractivity contribution is -0.130. The second-order valence-electron chi connectivity index (χ2n) is 5.52. The van der Waals surface area contributed by atoms with Gasteiger partial charge in [-0.2, -0.15) is 0 Å². The molecule has 1 saturated heterocycles. The van der Waals surface area contributed by atoms with Crippen molar-refractivity contribution in [1.82, 2.24) is 10.6 Å². The van der Waals surface area contributed by atoms with Crippen LogP contribution in [0.3, 0.4) is 0 Å². The molecular formula is C15H17F2N3O3. The second kappa shape index (κ2) is 6.82. The van der Waals surface area contributed by atoms with E-state index in [0.717, 1.165) is 12.1 Å². The summed E-state index contributed by atoms with van der Waals surface area (Å²) in [6, 6.07) is 1.01. The first-order chi connectivity index (χ1) is 10.8. The number of amides is 2. The van der Waals surface area contributed by atoms with E-state index >= 15 is 0 Å². The summed E-state index contributed by atoms with van der Waals surface area (Å²) >= 11 is 0. The molecule has 1 aliphatic heterocycles. The number of nitrogens with one attached hydrogen (secondary N) is 2. The standard InChI is InChI=1S/C15H17F2N3O3/c1-7(14(22)11-6-19-15(23)13(11)18)20-12(21)4-8-2-9(16)5-10(17)3-8/h2-3,5,7,11,13H,4,6,18H2,1H3,(H,19,23)(H,20,21)/t7-,11?,13?/m0/s1. The predicted molar refractivity (Wildman–Crippen MR) is 77.1 cm³/mol. The molecule has 2 amide bonds. The van der Waals surface area contributed by atoms with Crippen LogP contribution in [0.25, 0.3) is 0 Å². The van der Waals surface area contributed by atoms with Gasteiger partial charge in [0.2, 0.25) is 11.8 Å². The lowest BCUT2D eigenvalue weighted by atomic mass is 9.94. The molecule has 0 spiro atoms. The van der Waals surface area contributed by atoms with E-state index in [-0.39, 0.29) is 24.3 Å². The maximum atomic E-state index is 13.1. The summed E-state index contributed by atoms with van der Waals surface area (Å²) in [6.07, 6.45) is -0.264. The number of carbonyl (C=O) groups is 3. The highest BCUT2D eigenvalue weighted by atomic mass is 19.1. The molecule has 6 nitrogen and oxygen atoms in total. The van der Waals surface area contributed by atoms with Crippen LogP contribution in [0.2, 0.25) is 0 Å². The highest BCUT2D eigenvalue weighted by molar-refractivity contribution is 5.98. The Balaban J connectivity index is 1.94. The first-order valence-corrected chi connectivity index (χ1v) is 7.09. The molecular weight excluding hydrogens is 308 g/mol. The summed E-state index contributed by atoms with van der Waals surface area (Å²) in [5.74, 6) is -3.59. The van der Waals surface area contributed by atoms with Crippen LogP contribution in [-0.2, 0) is 20.8 Å². The van der Waals surface area contributed by atoms with Crippen LogP contribution >= 0.6 is 0 Å². The van der Waals surface area contributed by atoms with E-state index in [2.05, 4.69) is 10.6 Å². The average molecular weight is 325 g/mol. The van der Waals surface area contributed by atoms with Gasteiger partial charge in [0.1, 0.15) is 11.6 Å². The Bertz CT molecular complexity index is 631. The predicted octanol–water partition coefficient (Wildman–Crippen LogP) is -0.346. The molecule has 1 heterocycles. The quantitative estimate of drug-likeness (QED) is 0.689. The average Bonchev–Trinajstić information content (AvgIpc) is 2.76. The molecule has 0 bridgehead atoms. The van der Waals surface area contributed by atoms with Gasteiger partial charge in [-0.25, -0.2) is 8.78 Å². The third kappa shape index (κ3) is 4.10. The lowest BCUT2D eigenvalue weighted by Gasteiger charge is -2.18. The fourth-order valence-electron chi connectivity index (χ4n) is 2.50. The van der Waals surface area contributed by atoms with Gasteiger partial charge in [-0.1, -0.05) is 0 Å². The molecule has 23 heavy (non-hydrogen) atoms. The fraction of sp³-hybridized carbons (Fsp3) is 0.400. The molecule has 1 aromatic carbocycles. The van der Waals surface area contributed by atoms with Crippen molar-refractivity contribution in [2.45, 2.75) is 25.4 Å². The Labute approximate surface area is 131 Å². The zero-order chi connectivity index (χ0) is 17.1. The van der Waals surface area contributed by atoms with E-state index in [4.69, 9.17) is 5.73 Å². The van der Waals surface area contributed by atoms with Gasteiger partial charge in [0, 0.05) is 12.6 Å². The molecule has 8 heteroatoms. The van der Waals surface area contributed by atoms with Crippen LogP contribution in [-0.4, -0.2) is 36.2 Å². The zero-order valence-electron chi connectivity index (χ0n) is 12.4. The molecule has 1 aliphatic rings. The van der Waals surface area contributed by atoms with Crippen LogP contribution < -0.4 is 16.4 Å². The molecule has 124 valence electrons. The minimum absolute atomic E-state index is 0.133. The molecule has 0 aliphatic carbocycles. The number of rotatable bonds is 5. The van der Waals surface area contributed by atoms with Crippen molar-refractivity contribution < 1.29 is 23.2 Å². The third-order valence-corrected chi connectivity index (χ3v) is 3.69. The number of hydrogen-bond donors (Lipinski definition) is 3. The van der Waals surface area contributed by atoms with Crippen molar-refractivity contribution in [1.29, 1.82) is 0 Å². The van der Waals surface area contributed by atoms with Crippen LogP contribution in [0.4, 0.5) is 8.78 Å². The molecule has 4 N–H and O–H groups in total. The number of nitrogens with two attached hydrogens (primary N) is 1. The van der Waals surface area contributed by atoms with Gasteiger partial charge in [0.25, 0.3) is 0 Å². The Morgan fingerprint density at radius 2 is 1.96 bits per heavy atom. The van der Waals surface area contributed by atoms with Gasteiger partial charge in [0.05, 0.1) is 24.4 Å². The Kier molecular flexibility index (Phi) is 5.05. The lowest BCUT2D eigenvalue weighted by Crippen LogP contribution is -2.47. The van der Waals surface area contributed by atoms with E-state index in [1.807, 2.05) is 0 Å². The number of hydrogen-bond acceptors (Lipinski definition) is 4. The highest BCUT2D eigenvalue weighted by Gasteiger charge is 2.38. The molecule has 1 fully saturated rings. The summed E-state index contributed by atoms with van der Waals surface area (Å²) < 4.78 is 26.1. The largest absolute Gasteiger partial charge is 0.354 e. The summed E-state index contributed by atoms with van der Waals surface area (Å²) in [4.78, 5) is 35.4. The highest BCUT2D eigenvalue weighted by Crippen LogP contribution is 2.12. The van der Waals surface area contributed by atoms with Crippen LogP contribution in [0.15, 0.2) is 18.2 Å². The number of carbonyl (C=O) groups excluding carboxylic acids is 3. The summed E-state index contributed by atoms with van der Waals surface area (Å²) in [6.45, 7) is 1.61. The summed E-state index contributed by atoms with van der Waals surface area (Å²) in [5, 5.41) is 4.93. The SMILES string of the molecule is C[C@H](NC(=O)Cc1cc(F)cc(F)c1)C(=O)C1CNC(=O)C1N. The number of ketones is 1. The van der Waals surface area contributed by atoms with E-state index in [9.17, 15) is 23.2 Å². The van der Waals surface area contributed by atoms with Gasteiger partial charge in [-0.05, 0) is 24.6 Å². The number of halogens is 2. The summed E-state index contributed by atoms with van der Waals surface area (Å²) in [7, 11) is 0. The number of Topliss-reactive ketones (excluding diaryl/α,β-unsaturated/α-hetero) is 1. The van der Waals surface area contributed by atoms with E-state index in [1.165, 1.54) is 6.92 Å². The Morgan fingerprint density at radius 1 is 1.35 bits per heavy atom. The van der Waals surface area contributed by atoms with Gasteiger partial charge >= 0.3 is 0 Å². The first kappa shape index (κ1) is 17.0. The maximum Gasteiger partial charge on any atom is 0.237 e. The number of benzene rings is 1. The first-order valence-electron chi connectivity index (χ1n) is 7.09. The van der Waals surface area contributed by atoms with Crippen LogP contribution in [0.1, 0.15) is 12.5 Å². The molecule has 0 aromatic heterocycles. The monoisotopic (exact) mass is 325 g/mol. The fourth-order valence-corrected chi connectivity index (χ4v) is 2.50. The van der Waals surface area contributed by atoms with Crippen molar-refractivity contribution in [3.8, 4) is 0 Å². The van der Waals surface area contributed by atoms with Crippen LogP contribution in [0.5, 0.6) is 0 Å². The van der Waals surface area contributed by atoms with Gasteiger partial charge < -0.3 is 16.4 Å². The van der Waals surface area contributed by atoms with Crippen molar-refractivity contribution >= 4 is 17.6 Å². The third-order valence-electron chi connectivity index (χ3n) is 3.69.